The highest BCUT2D eigenvalue weighted by atomic mass is 35.5. The quantitative estimate of drug-likeness (QED) is 0.240. The van der Waals surface area contributed by atoms with Gasteiger partial charge in [0.2, 0.25) is 5.91 Å². The zero-order valence-corrected chi connectivity index (χ0v) is 20.0. The van der Waals surface area contributed by atoms with Crippen LogP contribution in [0.1, 0.15) is 5.76 Å². The minimum Gasteiger partial charge on any atom is -0.493 e. The standard InChI is InChI=1S/C24H23ClN4O4S/c1-31-20-6-2-3-7-21(20)33-14-12-26-22(30)16-34-24-28-27-23(17-8-10-18(25)11-9-17)29(24)15-19-5-4-13-32-19/h2-11,13H,12,14-16H2,1H3,(H,26,30). The Kier molecular flexibility index (Phi) is 8.11. The van der Waals surface area contributed by atoms with Crippen LogP contribution in [0.5, 0.6) is 11.5 Å². The number of hydrogen-bond donors (Lipinski definition) is 1. The van der Waals surface area contributed by atoms with Crippen molar-refractivity contribution in [2.75, 3.05) is 26.0 Å². The van der Waals surface area contributed by atoms with Gasteiger partial charge in [0.15, 0.2) is 22.5 Å². The van der Waals surface area contributed by atoms with E-state index in [1.54, 1.807) is 25.5 Å². The molecule has 0 aliphatic rings. The second kappa shape index (κ2) is 11.6. The lowest BCUT2D eigenvalue weighted by Crippen LogP contribution is -2.29. The van der Waals surface area contributed by atoms with Crippen LogP contribution in [-0.4, -0.2) is 46.7 Å². The van der Waals surface area contributed by atoms with Crippen molar-refractivity contribution < 1.29 is 18.7 Å². The number of nitrogens with one attached hydrogen (secondary N) is 1. The predicted octanol–water partition coefficient (Wildman–Crippen LogP) is 4.54. The Balaban J connectivity index is 1.35. The van der Waals surface area contributed by atoms with Crippen molar-refractivity contribution >= 4 is 29.3 Å². The summed E-state index contributed by atoms with van der Waals surface area (Å²) in [6.07, 6.45) is 1.62. The number of halogens is 1. The molecule has 0 radical (unpaired) electrons. The van der Waals surface area contributed by atoms with Crippen molar-refractivity contribution in [3.63, 3.8) is 0 Å². The van der Waals surface area contributed by atoms with Gasteiger partial charge >= 0.3 is 0 Å². The second-order valence-corrected chi connectivity index (χ2v) is 8.50. The Morgan fingerprint density at radius 1 is 1.09 bits per heavy atom. The molecule has 8 nitrogen and oxygen atoms in total. The molecule has 0 fully saturated rings. The van der Waals surface area contributed by atoms with Crippen LogP contribution in [0.4, 0.5) is 0 Å². The van der Waals surface area contributed by atoms with Gasteiger partial charge < -0.3 is 19.2 Å². The summed E-state index contributed by atoms with van der Waals surface area (Å²) in [6, 6.07) is 18.5. The van der Waals surface area contributed by atoms with Gasteiger partial charge in [-0.2, -0.15) is 0 Å². The molecule has 4 rings (SSSR count). The fourth-order valence-electron chi connectivity index (χ4n) is 3.18. The molecule has 0 aliphatic heterocycles. The maximum atomic E-state index is 12.4. The fourth-order valence-corrected chi connectivity index (χ4v) is 4.07. The zero-order valence-electron chi connectivity index (χ0n) is 18.4. The smallest absolute Gasteiger partial charge is 0.230 e. The molecule has 2 aromatic carbocycles. The minimum absolute atomic E-state index is 0.130. The summed E-state index contributed by atoms with van der Waals surface area (Å²) in [5, 5.41) is 12.8. The first kappa shape index (κ1) is 23.7. The van der Waals surface area contributed by atoms with Crippen molar-refractivity contribution in [1.82, 2.24) is 20.1 Å². The van der Waals surface area contributed by atoms with Crippen molar-refractivity contribution in [3.05, 3.63) is 77.7 Å². The molecule has 0 saturated heterocycles. The predicted molar refractivity (Wildman–Crippen MR) is 131 cm³/mol. The summed E-state index contributed by atoms with van der Waals surface area (Å²) >= 11 is 7.33. The van der Waals surface area contributed by atoms with Crippen molar-refractivity contribution in [3.8, 4) is 22.9 Å². The molecule has 176 valence electrons. The summed E-state index contributed by atoms with van der Waals surface area (Å²) < 4.78 is 18.4. The number of carbonyl (C=O) groups is 1. The molecule has 1 N–H and O–H groups in total. The summed E-state index contributed by atoms with van der Waals surface area (Å²) in [6.45, 7) is 1.13. The Hall–Kier alpha value is -3.43. The molecule has 2 heterocycles. The summed E-state index contributed by atoms with van der Waals surface area (Å²) in [5.74, 6) is 2.77. The van der Waals surface area contributed by atoms with Crippen LogP contribution < -0.4 is 14.8 Å². The Bertz CT molecular complexity index is 1210. The molecule has 10 heteroatoms. The maximum absolute atomic E-state index is 12.4. The Morgan fingerprint density at radius 3 is 2.62 bits per heavy atom. The van der Waals surface area contributed by atoms with E-state index in [9.17, 15) is 4.79 Å². The van der Waals surface area contributed by atoms with Gasteiger partial charge in [0, 0.05) is 10.6 Å². The molecule has 34 heavy (non-hydrogen) atoms. The first-order valence-corrected chi connectivity index (χ1v) is 11.9. The number of nitrogens with zero attached hydrogens (tertiary/aromatic N) is 3. The van der Waals surface area contributed by atoms with Gasteiger partial charge in [0.1, 0.15) is 12.4 Å². The molecule has 0 spiro atoms. The third-order valence-electron chi connectivity index (χ3n) is 4.80. The van der Waals surface area contributed by atoms with E-state index in [1.165, 1.54) is 11.8 Å². The number of ether oxygens (including phenoxy) is 2. The van der Waals surface area contributed by atoms with Gasteiger partial charge in [-0.1, -0.05) is 35.5 Å². The van der Waals surface area contributed by atoms with E-state index >= 15 is 0 Å². The largest absolute Gasteiger partial charge is 0.493 e. The Morgan fingerprint density at radius 2 is 1.88 bits per heavy atom. The van der Waals surface area contributed by atoms with Crippen molar-refractivity contribution in [1.29, 1.82) is 0 Å². The van der Waals surface area contributed by atoms with E-state index in [4.69, 9.17) is 25.5 Å². The number of furan rings is 1. The number of benzene rings is 2. The van der Waals surface area contributed by atoms with E-state index in [2.05, 4.69) is 15.5 Å². The van der Waals surface area contributed by atoms with Crippen LogP contribution in [0, 0.1) is 0 Å². The van der Waals surface area contributed by atoms with E-state index < -0.39 is 0 Å². The van der Waals surface area contributed by atoms with Crippen LogP contribution in [-0.2, 0) is 11.3 Å². The first-order valence-electron chi connectivity index (χ1n) is 10.5. The highest BCUT2D eigenvalue weighted by Crippen LogP contribution is 2.27. The average molecular weight is 499 g/mol. The molecular formula is C24H23ClN4O4S. The normalized spacial score (nSPS) is 10.8. The lowest BCUT2D eigenvalue weighted by molar-refractivity contribution is -0.118. The highest BCUT2D eigenvalue weighted by molar-refractivity contribution is 7.99. The maximum Gasteiger partial charge on any atom is 0.230 e. The lowest BCUT2D eigenvalue weighted by Gasteiger charge is -2.11. The van der Waals surface area contributed by atoms with E-state index in [0.29, 0.717) is 47.2 Å². The zero-order chi connectivity index (χ0) is 23.8. The highest BCUT2D eigenvalue weighted by Gasteiger charge is 2.17. The fraction of sp³-hybridized carbons (Fsp3) is 0.208. The topological polar surface area (TPSA) is 91.4 Å². The number of aromatic nitrogens is 3. The number of methoxy groups -OCH3 is 1. The molecule has 0 unspecified atom stereocenters. The van der Waals surface area contributed by atoms with Crippen molar-refractivity contribution in [2.45, 2.75) is 11.7 Å². The monoisotopic (exact) mass is 498 g/mol. The van der Waals surface area contributed by atoms with Crippen LogP contribution >= 0.6 is 23.4 Å². The molecular weight excluding hydrogens is 476 g/mol. The van der Waals surface area contributed by atoms with Gasteiger partial charge in [-0.25, -0.2) is 0 Å². The summed E-state index contributed by atoms with van der Waals surface area (Å²) in [7, 11) is 1.59. The van der Waals surface area contributed by atoms with Gasteiger partial charge in [-0.3, -0.25) is 9.36 Å². The second-order valence-electron chi connectivity index (χ2n) is 7.12. The van der Waals surface area contributed by atoms with Crippen molar-refractivity contribution in [2.24, 2.45) is 0 Å². The number of rotatable bonds is 11. The molecule has 1 amide bonds. The van der Waals surface area contributed by atoms with Crippen LogP contribution in [0.2, 0.25) is 5.02 Å². The van der Waals surface area contributed by atoms with Gasteiger partial charge in [0.05, 0.1) is 32.2 Å². The van der Waals surface area contributed by atoms with Gasteiger partial charge in [0.25, 0.3) is 0 Å². The molecule has 0 atom stereocenters. The molecule has 0 saturated carbocycles. The number of amides is 1. The van der Waals surface area contributed by atoms with E-state index in [0.717, 1.165) is 11.3 Å². The van der Waals surface area contributed by atoms with Gasteiger partial charge in [-0.05, 0) is 48.5 Å². The molecule has 2 aromatic heterocycles. The third kappa shape index (κ3) is 6.12. The number of carbonyl (C=O) groups excluding carboxylic acids is 1. The first-order chi connectivity index (χ1) is 16.6. The molecule has 0 aliphatic carbocycles. The number of thioether (sulfide) groups is 1. The summed E-state index contributed by atoms with van der Waals surface area (Å²) in [5.41, 5.74) is 0.869. The van der Waals surface area contributed by atoms with Crippen LogP contribution in [0.3, 0.4) is 0 Å². The number of para-hydroxylation sites is 2. The molecule has 0 bridgehead atoms. The SMILES string of the molecule is COc1ccccc1OCCNC(=O)CSc1nnc(-c2ccc(Cl)cc2)n1Cc1ccco1. The third-order valence-corrected chi connectivity index (χ3v) is 6.02. The minimum atomic E-state index is -0.130. The lowest BCUT2D eigenvalue weighted by atomic mass is 10.2. The Labute approximate surface area is 206 Å². The number of hydrogen-bond acceptors (Lipinski definition) is 7. The molecule has 4 aromatic rings. The van der Waals surface area contributed by atoms with Crippen LogP contribution in [0.15, 0.2) is 76.5 Å². The summed E-state index contributed by atoms with van der Waals surface area (Å²) in [4.78, 5) is 12.4. The van der Waals surface area contributed by atoms with Crippen LogP contribution in [0.25, 0.3) is 11.4 Å². The van der Waals surface area contributed by atoms with E-state index in [1.807, 2.05) is 53.1 Å². The van der Waals surface area contributed by atoms with Gasteiger partial charge in [-0.15, -0.1) is 10.2 Å². The average Bonchev–Trinajstić information content (AvgIpc) is 3.52. The van der Waals surface area contributed by atoms with E-state index in [-0.39, 0.29) is 11.7 Å².